The van der Waals surface area contributed by atoms with E-state index in [0.717, 1.165) is 20.5 Å². The molecule has 3 heterocycles. The lowest BCUT2D eigenvalue weighted by molar-refractivity contribution is -0.532. The van der Waals surface area contributed by atoms with Crippen molar-refractivity contribution in [2.75, 3.05) is 33.4 Å². The van der Waals surface area contributed by atoms with Gasteiger partial charge in [-0.3, -0.25) is 19.9 Å². The van der Waals surface area contributed by atoms with Crippen LogP contribution >= 0.6 is 23.1 Å². The summed E-state index contributed by atoms with van der Waals surface area (Å²) in [5, 5.41) is 3.04. The predicted octanol–water partition coefficient (Wildman–Crippen LogP) is 1.28. The molecule has 1 fully saturated rings. The fourth-order valence-corrected chi connectivity index (χ4v) is 5.25. The number of carbonyl (C=O) groups is 2. The molecule has 8 nitrogen and oxygen atoms in total. The Labute approximate surface area is 164 Å². The molecule has 1 unspecified atom stereocenters. The fourth-order valence-electron chi connectivity index (χ4n) is 3.18. The van der Waals surface area contributed by atoms with Crippen molar-refractivity contribution in [1.29, 1.82) is 0 Å². The van der Waals surface area contributed by atoms with Crippen LogP contribution in [-0.2, 0) is 4.79 Å². The monoisotopic (exact) mass is 403 g/mol. The predicted molar refractivity (Wildman–Crippen MR) is 107 cm³/mol. The van der Waals surface area contributed by atoms with Crippen LogP contribution in [0.15, 0.2) is 33.6 Å². The quantitative estimate of drug-likeness (QED) is 0.614. The summed E-state index contributed by atoms with van der Waals surface area (Å²) in [5.41, 5.74) is 1.00. The summed E-state index contributed by atoms with van der Waals surface area (Å²) in [4.78, 5) is 36.5. The summed E-state index contributed by atoms with van der Waals surface area (Å²) in [6, 6.07) is 7.12. The second-order valence-electron chi connectivity index (χ2n) is 6.17. The van der Waals surface area contributed by atoms with Crippen molar-refractivity contribution in [2.24, 2.45) is 4.99 Å². The number of hydrogen-bond acceptors (Lipinski definition) is 7. The zero-order chi connectivity index (χ0) is 19.1. The number of rotatable bonds is 4. The van der Waals surface area contributed by atoms with Crippen molar-refractivity contribution in [1.82, 2.24) is 20.1 Å². The number of guanidine groups is 1. The van der Waals surface area contributed by atoms with E-state index in [-0.39, 0.29) is 11.9 Å². The third kappa shape index (κ3) is 2.98. The maximum Gasteiger partial charge on any atom is 0.389 e. The van der Waals surface area contributed by atoms with Gasteiger partial charge in [-0.15, -0.1) is 11.3 Å². The van der Waals surface area contributed by atoms with E-state index in [2.05, 4.69) is 21.4 Å². The van der Waals surface area contributed by atoms with Crippen molar-refractivity contribution in [3.63, 3.8) is 0 Å². The van der Waals surface area contributed by atoms with Crippen molar-refractivity contribution in [3.05, 3.63) is 24.3 Å². The number of benzene rings is 1. The smallest absolute Gasteiger partial charge is 0.277 e. The van der Waals surface area contributed by atoms with Crippen LogP contribution in [0.3, 0.4) is 0 Å². The van der Waals surface area contributed by atoms with Crippen LogP contribution in [0.5, 0.6) is 0 Å². The van der Waals surface area contributed by atoms with Gasteiger partial charge in [0.05, 0.1) is 23.8 Å². The summed E-state index contributed by atoms with van der Waals surface area (Å²) >= 11 is 3.32. The van der Waals surface area contributed by atoms with E-state index in [4.69, 9.17) is 0 Å². The summed E-state index contributed by atoms with van der Waals surface area (Å²) in [7, 11) is 4.91. The third-order valence-corrected chi connectivity index (χ3v) is 6.75. The molecule has 10 heteroatoms. The molecular formula is C17H19N6O2S2+. The number of nitrogens with one attached hydrogen (secondary N) is 1. The fraction of sp³-hybridized carbons (Fsp3) is 0.353. The molecule has 2 aliphatic heterocycles. The minimum atomic E-state index is -0.573. The number of thiazole rings is 1. The van der Waals surface area contributed by atoms with Gasteiger partial charge in [-0.1, -0.05) is 28.9 Å². The first kappa shape index (κ1) is 17.9. The van der Waals surface area contributed by atoms with Gasteiger partial charge in [0.1, 0.15) is 0 Å². The molecule has 1 saturated heterocycles. The molecule has 0 radical (unpaired) electrons. The third-order valence-electron chi connectivity index (χ3n) is 4.59. The number of para-hydroxylation sites is 1. The molecule has 0 aliphatic carbocycles. The Hall–Kier alpha value is -2.46. The number of amidine groups is 1. The van der Waals surface area contributed by atoms with E-state index in [0.29, 0.717) is 18.3 Å². The lowest BCUT2D eigenvalue weighted by Crippen LogP contribution is -2.61. The van der Waals surface area contributed by atoms with Gasteiger partial charge in [0.15, 0.2) is 4.34 Å². The summed E-state index contributed by atoms with van der Waals surface area (Å²) in [6.07, 6.45) is 0. The van der Waals surface area contributed by atoms with E-state index >= 15 is 0 Å². The number of aromatic nitrogens is 1. The first-order valence-electron chi connectivity index (χ1n) is 8.45. The van der Waals surface area contributed by atoms with Gasteiger partial charge < -0.3 is 0 Å². The van der Waals surface area contributed by atoms with Crippen LogP contribution in [-0.4, -0.2) is 82.6 Å². The zero-order valence-corrected chi connectivity index (χ0v) is 16.8. The molecule has 2 aliphatic rings. The number of imide groups is 1. The lowest BCUT2D eigenvalue weighted by atomic mass is 10.1. The molecule has 4 rings (SSSR count). The average Bonchev–Trinajstić information content (AvgIpc) is 3.25. The summed E-state index contributed by atoms with van der Waals surface area (Å²) < 4.78 is 4.08. The van der Waals surface area contributed by atoms with Crippen LogP contribution < -0.4 is 5.32 Å². The Morgan fingerprint density at radius 3 is 2.78 bits per heavy atom. The van der Waals surface area contributed by atoms with Crippen molar-refractivity contribution in [3.8, 4) is 0 Å². The first-order valence-corrected chi connectivity index (χ1v) is 10.2. The van der Waals surface area contributed by atoms with Gasteiger partial charge in [-0.25, -0.2) is 14.4 Å². The Kier molecular flexibility index (Phi) is 4.60. The SMILES string of the molecule is CNC1=[N+](CCSc2nc3ccccc3s2)C2C(=O)N(C)C(=O)N(C)C2=N1. The van der Waals surface area contributed by atoms with E-state index in [1.165, 1.54) is 16.6 Å². The molecule has 3 amide bonds. The highest BCUT2D eigenvalue weighted by molar-refractivity contribution is 8.01. The highest BCUT2D eigenvalue weighted by Crippen LogP contribution is 2.29. The number of thioether (sulfide) groups is 1. The molecule has 1 aromatic carbocycles. The van der Waals surface area contributed by atoms with Crippen LogP contribution in [0.25, 0.3) is 10.2 Å². The maximum atomic E-state index is 12.7. The van der Waals surface area contributed by atoms with Crippen LogP contribution in [0.2, 0.25) is 0 Å². The van der Waals surface area contributed by atoms with Gasteiger partial charge in [0, 0.05) is 19.8 Å². The van der Waals surface area contributed by atoms with E-state index in [1.54, 1.807) is 37.2 Å². The highest BCUT2D eigenvalue weighted by Gasteiger charge is 2.50. The topological polar surface area (TPSA) is 80.9 Å². The maximum absolute atomic E-state index is 12.7. The molecule has 27 heavy (non-hydrogen) atoms. The molecular weight excluding hydrogens is 384 g/mol. The summed E-state index contributed by atoms with van der Waals surface area (Å²) in [6.45, 7) is 0.607. The number of aliphatic imine (C=N–C) groups is 1. The van der Waals surface area contributed by atoms with Crippen molar-refractivity contribution < 1.29 is 14.2 Å². The molecule has 0 saturated carbocycles. The van der Waals surface area contributed by atoms with Gasteiger partial charge >= 0.3 is 12.0 Å². The Morgan fingerprint density at radius 1 is 1.26 bits per heavy atom. The molecule has 1 aromatic heterocycles. The molecule has 2 aromatic rings. The Balaban J connectivity index is 1.51. The molecule has 0 spiro atoms. The number of fused-ring (bicyclic) bond motifs is 2. The minimum absolute atomic E-state index is 0.257. The highest BCUT2D eigenvalue weighted by atomic mass is 32.2. The van der Waals surface area contributed by atoms with Crippen LogP contribution in [0.1, 0.15) is 0 Å². The van der Waals surface area contributed by atoms with Gasteiger partial charge in [-0.2, -0.15) is 0 Å². The first-order chi connectivity index (χ1) is 13.0. The normalized spacial score (nSPS) is 19.8. The average molecular weight is 404 g/mol. The van der Waals surface area contributed by atoms with Gasteiger partial charge in [0.2, 0.25) is 11.9 Å². The molecule has 1 atom stereocenters. The molecule has 0 bridgehead atoms. The Morgan fingerprint density at radius 2 is 2.04 bits per heavy atom. The largest absolute Gasteiger partial charge is 0.389 e. The number of carbonyl (C=O) groups excluding carboxylic acids is 2. The molecule has 1 N–H and O–H groups in total. The van der Waals surface area contributed by atoms with Crippen LogP contribution in [0, 0.1) is 0 Å². The number of hydrogen-bond donors (Lipinski definition) is 1. The zero-order valence-electron chi connectivity index (χ0n) is 15.2. The van der Waals surface area contributed by atoms with Crippen molar-refractivity contribution >= 4 is 57.0 Å². The number of nitrogens with zero attached hydrogens (tertiary/aromatic N) is 5. The van der Waals surface area contributed by atoms with Crippen LogP contribution in [0.4, 0.5) is 4.79 Å². The standard InChI is InChI=1S/C17H18N6O2S2/c1-18-15-20-13-12(14(24)22(3)17(25)21(13)2)23(15)8-9-26-16-19-10-6-4-5-7-11(10)27-16/h4-7,12H,8-9H2,1-3H3/p+1. The second kappa shape index (κ2) is 6.93. The van der Waals surface area contributed by atoms with E-state index in [9.17, 15) is 9.59 Å². The minimum Gasteiger partial charge on any atom is -0.277 e. The second-order valence-corrected chi connectivity index (χ2v) is 8.55. The molecule has 140 valence electrons. The lowest BCUT2D eigenvalue weighted by Gasteiger charge is -2.31. The number of urea groups is 1. The van der Waals surface area contributed by atoms with Gasteiger partial charge in [-0.05, 0) is 12.1 Å². The van der Waals surface area contributed by atoms with Crippen molar-refractivity contribution in [2.45, 2.75) is 10.4 Å². The Bertz CT molecular complexity index is 965. The van der Waals surface area contributed by atoms with E-state index in [1.807, 2.05) is 22.8 Å². The summed E-state index contributed by atoms with van der Waals surface area (Å²) in [5.74, 6) is 1.56. The number of amides is 3. The number of likely N-dealkylation sites (N-methyl/N-ethyl adjacent to an activating group) is 2. The van der Waals surface area contributed by atoms with Gasteiger partial charge in [0.25, 0.3) is 5.91 Å². The van der Waals surface area contributed by atoms with E-state index < -0.39 is 6.04 Å².